The van der Waals surface area contributed by atoms with Gasteiger partial charge in [0.05, 0.1) is 22.6 Å². The molecule has 0 aliphatic heterocycles. The van der Waals surface area contributed by atoms with Crippen molar-refractivity contribution in [1.82, 2.24) is 44.7 Å². The molecule has 0 amide bonds. The van der Waals surface area contributed by atoms with Gasteiger partial charge in [0.25, 0.3) is 5.78 Å². The minimum atomic E-state index is -0.273. The molecule has 5 aromatic rings. The minimum Gasteiger partial charge on any atom is -0.388 e. The molecular formula is C20H18N10O. The van der Waals surface area contributed by atoms with Crippen LogP contribution in [0.2, 0.25) is 0 Å². The summed E-state index contributed by atoms with van der Waals surface area (Å²) in [4.78, 5) is 22.0. The third-order valence-electron chi connectivity index (χ3n) is 4.84. The van der Waals surface area contributed by atoms with Crippen LogP contribution < -0.4 is 5.32 Å². The first kappa shape index (κ1) is 18.9. The van der Waals surface area contributed by atoms with Crippen LogP contribution in [0.3, 0.4) is 0 Å². The summed E-state index contributed by atoms with van der Waals surface area (Å²) >= 11 is 0. The molecule has 4 aromatic heterocycles. The number of hydrogen-bond donors (Lipinski definition) is 2. The number of rotatable bonds is 4. The zero-order valence-electron chi connectivity index (χ0n) is 17.1. The predicted octanol–water partition coefficient (Wildman–Crippen LogP) is 2.08. The van der Waals surface area contributed by atoms with Crippen molar-refractivity contribution >= 4 is 28.6 Å². The van der Waals surface area contributed by atoms with E-state index in [1.807, 2.05) is 32.9 Å². The quantitative estimate of drug-likeness (QED) is 0.449. The Kier molecular flexibility index (Phi) is 4.44. The second-order valence-electron chi connectivity index (χ2n) is 7.08. The maximum absolute atomic E-state index is 9.26. The summed E-state index contributed by atoms with van der Waals surface area (Å²) in [6, 6.07) is 7.77. The smallest absolute Gasteiger partial charge is 0.272 e. The van der Waals surface area contributed by atoms with Crippen LogP contribution in [0.1, 0.15) is 22.8 Å². The molecule has 2 N–H and O–H groups in total. The Morgan fingerprint density at radius 2 is 1.84 bits per heavy atom. The van der Waals surface area contributed by atoms with Crippen LogP contribution in [0.5, 0.6) is 0 Å². The Morgan fingerprint density at radius 3 is 2.68 bits per heavy atom. The molecule has 0 aliphatic carbocycles. The number of nitrogens with one attached hydrogen (secondary N) is 1. The molecular weight excluding hydrogens is 396 g/mol. The second-order valence-corrected chi connectivity index (χ2v) is 7.08. The van der Waals surface area contributed by atoms with Gasteiger partial charge >= 0.3 is 0 Å². The molecule has 11 nitrogen and oxygen atoms in total. The van der Waals surface area contributed by atoms with Crippen molar-refractivity contribution in [2.24, 2.45) is 0 Å². The molecule has 154 valence electrons. The van der Waals surface area contributed by atoms with Crippen LogP contribution in [0.4, 0.5) is 11.9 Å². The van der Waals surface area contributed by atoms with E-state index in [9.17, 15) is 5.11 Å². The number of fused-ring (bicyclic) bond motifs is 2. The molecule has 0 radical (unpaired) electrons. The standard InChI is InChI=1S/C20H18N10O/c1-10-4-5-14-13(8-10)11(2)22-19(23-14)26-18-21-7-6-15(24-18)17-12(3)30-20(28-27-17)25-16(9-31)29-30/h4-8,31H,9H2,1-3H3,(H,21,22,23,24,26). The maximum Gasteiger partial charge on any atom is 0.272 e. The summed E-state index contributed by atoms with van der Waals surface area (Å²) in [6.45, 7) is 5.54. The number of benzene rings is 1. The topological polar surface area (TPSA) is 140 Å². The van der Waals surface area contributed by atoms with E-state index in [-0.39, 0.29) is 12.4 Å². The zero-order chi connectivity index (χ0) is 21.5. The number of aromatic nitrogens is 9. The van der Waals surface area contributed by atoms with Crippen LogP contribution in [0.25, 0.3) is 28.1 Å². The largest absolute Gasteiger partial charge is 0.388 e. The Balaban J connectivity index is 1.51. The molecule has 5 rings (SSSR count). The number of nitrogens with zero attached hydrogens (tertiary/aromatic N) is 9. The van der Waals surface area contributed by atoms with E-state index in [4.69, 9.17) is 0 Å². The van der Waals surface area contributed by atoms with Gasteiger partial charge in [0.2, 0.25) is 11.9 Å². The lowest BCUT2D eigenvalue weighted by atomic mass is 10.1. The average Bonchev–Trinajstić information content (AvgIpc) is 3.19. The van der Waals surface area contributed by atoms with Crippen molar-refractivity contribution < 1.29 is 5.11 Å². The highest BCUT2D eigenvalue weighted by atomic mass is 16.3. The van der Waals surface area contributed by atoms with E-state index in [0.29, 0.717) is 34.8 Å². The Bertz CT molecular complexity index is 1450. The van der Waals surface area contributed by atoms with Gasteiger partial charge in [-0.15, -0.1) is 15.3 Å². The van der Waals surface area contributed by atoms with E-state index in [1.54, 1.807) is 12.3 Å². The number of anilines is 2. The summed E-state index contributed by atoms with van der Waals surface area (Å²) in [7, 11) is 0. The normalized spacial score (nSPS) is 11.4. The number of hydrogen-bond acceptors (Lipinski definition) is 10. The van der Waals surface area contributed by atoms with Crippen LogP contribution in [-0.2, 0) is 6.61 Å². The first-order valence-corrected chi connectivity index (χ1v) is 9.57. The van der Waals surface area contributed by atoms with Gasteiger partial charge in [0, 0.05) is 11.6 Å². The van der Waals surface area contributed by atoms with E-state index in [2.05, 4.69) is 51.6 Å². The summed E-state index contributed by atoms with van der Waals surface area (Å²) in [6.07, 6.45) is 1.62. The summed E-state index contributed by atoms with van der Waals surface area (Å²) < 4.78 is 1.53. The van der Waals surface area contributed by atoms with Gasteiger partial charge in [0.15, 0.2) is 5.82 Å². The van der Waals surface area contributed by atoms with Gasteiger partial charge in [-0.25, -0.2) is 19.9 Å². The van der Waals surface area contributed by atoms with Crippen LogP contribution in [-0.4, -0.2) is 49.8 Å². The summed E-state index contributed by atoms with van der Waals surface area (Å²) in [5.41, 5.74) is 4.63. The third-order valence-corrected chi connectivity index (χ3v) is 4.84. The molecule has 0 unspecified atom stereocenters. The number of aliphatic hydroxyl groups excluding tert-OH is 1. The molecule has 11 heteroatoms. The average molecular weight is 414 g/mol. The molecule has 0 spiro atoms. The number of aryl methyl sites for hydroxylation is 3. The van der Waals surface area contributed by atoms with E-state index < -0.39 is 0 Å². The molecule has 4 heterocycles. The van der Waals surface area contributed by atoms with E-state index >= 15 is 0 Å². The molecule has 0 saturated carbocycles. The molecule has 0 aliphatic rings. The highest BCUT2D eigenvalue weighted by Crippen LogP contribution is 2.22. The molecule has 0 bridgehead atoms. The summed E-state index contributed by atoms with van der Waals surface area (Å²) in [5.74, 6) is 1.33. The van der Waals surface area contributed by atoms with Crippen LogP contribution >= 0.6 is 0 Å². The van der Waals surface area contributed by atoms with Crippen LogP contribution in [0.15, 0.2) is 30.5 Å². The van der Waals surface area contributed by atoms with Crippen molar-refractivity contribution in [2.45, 2.75) is 27.4 Å². The lowest BCUT2D eigenvalue weighted by molar-refractivity contribution is 0.271. The summed E-state index contributed by atoms with van der Waals surface area (Å²) in [5, 5.41) is 25.9. The van der Waals surface area contributed by atoms with Crippen molar-refractivity contribution in [3.05, 3.63) is 53.2 Å². The number of aliphatic hydroxyl groups is 1. The van der Waals surface area contributed by atoms with Gasteiger partial charge < -0.3 is 5.11 Å². The molecule has 0 fully saturated rings. The van der Waals surface area contributed by atoms with Crippen molar-refractivity contribution in [3.8, 4) is 11.4 Å². The first-order valence-electron chi connectivity index (χ1n) is 9.57. The van der Waals surface area contributed by atoms with E-state index in [1.165, 1.54) is 4.52 Å². The highest BCUT2D eigenvalue weighted by molar-refractivity contribution is 5.82. The Hall–Kier alpha value is -4.12. The van der Waals surface area contributed by atoms with E-state index in [0.717, 1.165) is 22.2 Å². The fourth-order valence-corrected chi connectivity index (χ4v) is 3.31. The Labute approximate surface area is 176 Å². The second kappa shape index (κ2) is 7.29. The zero-order valence-corrected chi connectivity index (χ0v) is 17.1. The third kappa shape index (κ3) is 3.40. The predicted molar refractivity (Wildman–Crippen MR) is 113 cm³/mol. The highest BCUT2D eigenvalue weighted by Gasteiger charge is 2.15. The minimum absolute atomic E-state index is 0.273. The van der Waals surface area contributed by atoms with Crippen molar-refractivity contribution in [3.63, 3.8) is 0 Å². The van der Waals surface area contributed by atoms with Crippen molar-refractivity contribution in [2.75, 3.05) is 5.32 Å². The maximum atomic E-state index is 9.26. The van der Waals surface area contributed by atoms with Gasteiger partial charge in [-0.1, -0.05) is 11.6 Å². The lowest BCUT2D eigenvalue weighted by Crippen LogP contribution is -2.06. The lowest BCUT2D eigenvalue weighted by Gasteiger charge is -2.09. The fraction of sp³-hybridized carbons (Fsp3) is 0.200. The monoisotopic (exact) mass is 414 g/mol. The first-order chi connectivity index (χ1) is 15.0. The molecule has 1 aromatic carbocycles. The fourth-order valence-electron chi connectivity index (χ4n) is 3.31. The SMILES string of the molecule is Cc1ccc2nc(Nc3nccc(-c4nnc5nc(CO)nn5c4C)n3)nc(C)c2c1. The van der Waals surface area contributed by atoms with Gasteiger partial charge in [-0.05, 0) is 39.0 Å². The molecule has 0 saturated heterocycles. The molecule has 31 heavy (non-hydrogen) atoms. The Morgan fingerprint density at radius 1 is 0.968 bits per heavy atom. The molecule has 0 atom stereocenters. The van der Waals surface area contributed by atoms with Crippen molar-refractivity contribution in [1.29, 1.82) is 0 Å². The van der Waals surface area contributed by atoms with Gasteiger partial charge in [0.1, 0.15) is 12.3 Å². The van der Waals surface area contributed by atoms with Gasteiger partial charge in [-0.3, -0.25) is 5.32 Å². The van der Waals surface area contributed by atoms with Crippen LogP contribution in [0, 0.1) is 20.8 Å². The van der Waals surface area contributed by atoms with Gasteiger partial charge in [-0.2, -0.15) is 9.50 Å².